The summed E-state index contributed by atoms with van der Waals surface area (Å²) in [4.78, 5) is 28.2. The van der Waals surface area contributed by atoms with Crippen LogP contribution in [0.15, 0.2) is 65.0 Å². The molecule has 5 rings (SSSR count). The van der Waals surface area contributed by atoms with Gasteiger partial charge in [-0.3, -0.25) is 4.79 Å². The average molecular weight is 499 g/mol. The molecule has 4 aromatic rings. The zero-order valence-electron chi connectivity index (χ0n) is 20.0. The van der Waals surface area contributed by atoms with Crippen molar-refractivity contribution in [1.82, 2.24) is 24.6 Å². The Morgan fingerprint density at radius 2 is 1.92 bits per heavy atom. The second-order valence-electron chi connectivity index (χ2n) is 8.98. The van der Waals surface area contributed by atoms with Crippen LogP contribution in [0, 0.1) is 12.5 Å². The summed E-state index contributed by atoms with van der Waals surface area (Å²) >= 11 is 1.53. The molecule has 0 unspecified atom stereocenters. The standard InChI is InChI=1S/C27H26N6O2S/c1-28-22-5-3-4-20(12-22)25-6-7-26(34)33(31-25)16-24-13-21(18-36-24)27-29-14-23(15-30-27)35-17-19-8-10-32(2)11-9-19/h3-7,12-15,18-19H,8-11,16-17H2,2H3. The van der Waals surface area contributed by atoms with Crippen LogP contribution in [-0.4, -0.2) is 51.4 Å². The predicted molar refractivity (Wildman–Crippen MR) is 140 cm³/mol. The summed E-state index contributed by atoms with van der Waals surface area (Å²) in [6, 6.07) is 12.4. The maximum absolute atomic E-state index is 12.5. The van der Waals surface area contributed by atoms with Gasteiger partial charge in [0.25, 0.3) is 5.56 Å². The summed E-state index contributed by atoms with van der Waals surface area (Å²) in [5.74, 6) is 1.88. The zero-order valence-corrected chi connectivity index (χ0v) is 20.8. The number of hydrogen-bond acceptors (Lipinski definition) is 7. The first-order chi connectivity index (χ1) is 17.6. The van der Waals surface area contributed by atoms with Crippen LogP contribution in [0.4, 0.5) is 5.69 Å². The number of piperidine rings is 1. The molecular formula is C27H26N6O2S. The molecule has 182 valence electrons. The maximum Gasteiger partial charge on any atom is 0.267 e. The number of benzene rings is 1. The third-order valence-corrected chi connectivity index (χ3v) is 7.23. The Morgan fingerprint density at radius 1 is 1.11 bits per heavy atom. The summed E-state index contributed by atoms with van der Waals surface area (Å²) in [5.41, 5.74) is 2.70. The van der Waals surface area contributed by atoms with E-state index in [4.69, 9.17) is 11.3 Å². The van der Waals surface area contributed by atoms with Crippen LogP contribution >= 0.6 is 11.3 Å². The lowest BCUT2D eigenvalue weighted by Gasteiger charge is -2.28. The molecule has 8 nitrogen and oxygen atoms in total. The molecule has 0 N–H and O–H groups in total. The van der Waals surface area contributed by atoms with Gasteiger partial charge in [0.15, 0.2) is 17.3 Å². The molecule has 0 atom stereocenters. The van der Waals surface area contributed by atoms with E-state index in [9.17, 15) is 4.79 Å². The molecule has 0 saturated carbocycles. The Balaban J connectivity index is 1.25. The Hall–Kier alpha value is -3.87. The van der Waals surface area contributed by atoms with E-state index in [0.29, 0.717) is 42.0 Å². The first kappa shape index (κ1) is 23.9. The fourth-order valence-electron chi connectivity index (χ4n) is 4.16. The third kappa shape index (κ3) is 5.67. The largest absolute Gasteiger partial charge is 0.490 e. The molecule has 1 fully saturated rings. The second kappa shape index (κ2) is 10.8. The summed E-state index contributed by atoms with van der Waals surface area (Å²) in [5, 5.41) is 6.51. The van der Waals surface area contributed by atoms with E-state index in [1.165, 1.54) is 22.1 Å². The van der Waals surface area contributed by atoms with Crippen molar-refractivity contribution in [2.75, 3.05) is 26.7 Å². The van der Waals surface area contributed by atoms with Crippen LogP contribution in [0.1, 0.15) is 17.7 Å². The lowest BCUT2D eigenvalue weighted by atomic mass is 9.98. The van der Waals surface area contributed by atoms with Crippen molar-refractivity contribution in [3.05, 3.63) is 86.9 Å². The molecule has 0 radical (unpaired) electrons. The maximum atomic E-state index is 12.5. The lowest BCUT2D eigenvalue weighted by Crippen LogP contribution is -2.32. The number of aromatic nitrogens is 4. The number of nitrogens with zero attached hydrogens (tertiary/aromatic N) is 6. The molecule has 1 aromatic carbocycles. The average Bonchev–Trinajstić information content (AvgIpc) is 3.38. The molecule has 9 heteroatoms. The van der Waals surface area contributed by atoms with Crippen molar-refractivity contribution in [1.29, 1.82) is 0 Å². The van der Waals surface area contributed by atoms with Gasteiger partial charge < -0.3 is 9.64 Å². The van der Waals surface area contributed by atoms with E-state index in [2.05, 4.69) is 31.9 Å². The Labute approximate surface area is 213 Å². The van der Waals surface area contributed by atoms with E-state index in [1.807, 2.05) is 23.6 Å². The second-order valence-corrected chi connectivity index (χ2v) is 9.97. The first-order valence-corrected chi connectivity index (χ1v) is 12.7. The smallest absolute Gasteiger partial charge is 0.267 e. The van der Waals surface area contributed by atoms with Gasteiger partial charge in [0, 0.05) is 21.9 Å². The minimum atomic E-state index is -0.183. The van der Waals surface area contributed by atoms with Gasteiger partial charge in [0.2, 0.25) is 0 Å². The fourth-order valence-corrected chi connectivity index (χ4v) is 5.01. The van der Waals surface area contributed by atoms with Gasteiger partial charge in [-0.2, -0.15) is 5.10 Å². The van der Waals surface area contributed by atoms with Crippen molar-refractivity contribution in [3.8, 4) is 28.4 Å². The third-order valence-electron chi connectivity index (χ3n) is 6.31. The number of likely N-dealkylation sites (tertiary alicyclic amines) is 1. The van der Waals surface area contributed by atoms with Crippen molar-refractivity contribution in [2.45, 2.75) is 19.4 Å². The van der Waals surface area contributed by atoms with E-state index in [1.54, 1.807) is 30.6 Å². The molecule has 36 heavy (non-hydrogen) atoms. The number of hydrogen-bond donors (Lipinski definition) is 0. The van der Waals surface area contributed by atoms with Crippen LogP contribution in [-0.2, 0) is 6.54 Å². The van der Waals surface area contributed by atoms with E-state index < -0.39 is 0 Å². The van der Waals surface area contributed by atoms with Crippen LogP contribution in [0.5, 0.6) is 5.75 Å². The zero-order chi connectivity index (χ0) is 24.9. The van der Waals surface area contributed by atoms with Crippen LogP contribution in [0.25, 0.3) is 27.5 Å². The molecule has 0 aliphatic carbocycles. The predicted octanol–water partition coefficient (Wildman–Crippen LogP) is 4.75. The van der Waals surface area contributed by atoms with Gasteiger partial charge in [0.1, 0.15) is 0 Å². The van der Waals surface area contributed by atoms with Crippen molar-refractivity contribution in [3.63, 3.8) is 0 Å². The summed E-state index contributed by atoms with van der Waals surface area (Å²) in [6.07, 6.45) is 5.76. The molecule has 0 bridgehead atoms. The van der Waals surface area contributed by atoms with E-state index in [-0.39, 0.29) is 5.56 Å². The SMILES string of the molecule is [C-]#[N+]c1cccc(-c2ccc(=O)n(Cc3cc(-c4ncc(OCC5CCN(C)CC5)cn4)cs3)n2)c1. The highest BCUT2D eigenvalue weighted by Crippen LogP contribution is 2.25. The normalized spacial score (nSPS) is 14.4. The van der Waals surface area contributed by atoms with Crippen LogP contribution in [0.3, 0.4) is 0 Å². The van der Waals surface area contributed by atoms with Crippen molar-refractivity contribution >= 4 is 17.0 Å². The molecule has 1 aliphatic heterocycles. The van der Waals surface area contributed by atoms with Gasteiger partial charge in [-0.25, -0.2) is 19.5 Å². The Kier molecular flexibility index (Phi) is 7.16. The molecule has 3 aromatic heterocycles. The molecule has 0 spiro atoms. The summed E-state index contributed by atoms with van der Waals surface area (Å²) in [6.45, 7) is 10.5. The van der Waals surface area contributed by atoms with Gasteiger partial charge in [0.05, 0.1) is 37.8 Å². The summed E-state index contributed by atoms with van der Waals surface area (Å²) < 4.78 is 7.37. The molecule has 1 aliphatic rings. The quantitative estimate of drug-likeness (QED) is 0.342. The molecule has 4 heterocycles. The monoisotopic (exact) mass is 498 g/mol. The highest BCUT2D eigenvalue weighted by atomic mass is 32.1. The highest BCUT2D eigenvalue weighted by Gasteiger charge is 2.17. The number of rotatable bonds is 7. The molecule has 0 amide bonds. The van der Waals surface area contributed by atoms with Gasteiger partial charge in [-0.1, -0.05) is 18.2 Å². The van der Waals surface area contributed by atoms with Crippen molar-refractivity contribution < 1.29 is 4.74 Å². The first-order valence-electron chi connectivity index (χ1n) is 11.8. The van der Waals surface area contributed by atoms with Gasteiger partial charge >= 0.3 is 0 Å². The lowest BCUT2D eigenvalue weighted by molar-refractivity contribution is 0.159. The van der Waals surface area contributed by atoms with Gasteiger partial charge in [-0.05, 0) is 62.7 Å². The number of thiophene rings is 1. The molecular weight excluding hydrogens is 472 g/mol. The number of ether oxygens (including phenoxy) is 1. The Morgan fingerprint density at radius 3 is 2.69 bits per heavy atom. The minimum Gasteiger partial charge on any atom is -0.490 e. The van der Waals surface area contributed by atoms with Gasteiger partial charge in [-0.15, -0.1) is 11.3 Å². The Bertz CT molecular complexity index is 1430. The van der Waals surface area contributed by atoms with E-state index in [0.717, 1.165) is 41.9 Å². The van der Waals surface area contributed by atoms with Crippen LogP contribution < -0.4 is 10.3 Å². The topological polar surface area (TPSA) is 77.5 Å². The molecule has 1 saturated heterocycles. The highest BCUT2D eigenvalue weighted by molar-refractivity contribution is 7.10. The fraction of sp³-hybridized carbons (Fsp3) is 0.296. The van der Waals surface area contributed by atoms with Crippen molar-refractivity contribution in [2.24, 2.45) is 5.92 Å². The summed E-state index contributed by atoms with van der Waals surface area (Å²) in [7, 11) is 2.16. The van der Waals surface area contributed by atoms with E-state index >= 15 is 0 Å². The minimum absolute atomic E-state index is 0.183. The van der Waals surface area contributed by atoms with Crippen LogP contribution in [0.2, 0.25) is 0 Å².